The van der Waals surface area contributed by atoms with Crippen molar-refractivity contribution in [3.63, 3.8) is 0 Å². The largest absolute Gasteiger partial charge is 0.497 e. The van der Waals surface area contributed by atoms with Crippen LogP contribution in [0.25, 0.3) is 0 Å². The minimum absolute atomic E-state index is 0.447. The fourth-order valence-electron chi connectivity index (χ4n) is 2.35. The molecular formula is C14H20N4O7. The smallest absolute Gasteiger partial charge is 0.324 e. The molecule has 1 aliphatic heterocycles. The Kier molecular flexibility index (Phi) is 6.74. The van der Waals surface area contributed by atoms with Gasteiger partial charge in [-0.3, -0.25) is 30.3 Å². The Hall–Kier alpha value is -2.82. The molecule has 1 aromatic carbocycles. The molecule has 1 aliphatic rings. The molecule has 1 saturated heterocycles. The standard InChI is InChI=1S/C8H17N.C6H3N3O7/c1-4-6(3)8-7(5-2)9-8;10-6-4(8(13)14)1-3(7(11)12)2-5(6)9(15)16/h6-9H,4-5H2,1-3H3;1-2,10H. The zero-order valence-electron chi connectivity index (χ0n) is 14.0. The van der Waals surface area contributed by atoms with E-state index in [-0.39, 0.29) is 0 Å². The van der Waals surface area contributed by atoms with E-state index in [1.54, 1.807) is 0 Å². The van der Waals surface area contributed by atoms with E-state index in [4.69, 9.17) is 5.11 Å². The molecule has 0 bridgehead atoms. The maximum Gasteiger partial charge on any atom is 0.324 e. The van der Waals surface area contributed by atoms with Gasteiger partial charge in [-0.2, -0.15) is 0 Å². The molecule has 0 saturated carbocycles. The Morgan fingerprint density at radius 1 is 1.08 bits per heavy atom. The molecule has 1 fully saturated rings. The van der Waals surface area contributed by atoms with Gasteiger partial charge in [-0.15, -0.1) is 0 Å². The predicted molar refractivity (Wildman–Crippen MR) is 88.5 cm³/mol. The Balaban J connectivity index is 0.000000293. The van der Waals surface area contributed by atoms with Crippen molar-refractivity contribution in [2.75, 3.05) is 0 Å². The summed E-state index contributed by atoms with van der Waals surface area (Å²) in [7, 11) is 0. The molecule has 0 aliphatic carbocycles. The molecule has 11 heteroatoms. The number of rotatable bonds is 6. The Morgan fingerprint density at radius 3 is 1.84 bits per heavy atom. The van der Waals surface area contributed by atoms with Crippen LogP contribution in [0.4, 0.5) is 17.1 Å². The molecule has 1 heterocycles. The lowest BCUT2D eigenvalue weighted by molar-refractivity contribution is -0.404. The third-order valence-electron chi connectivity index (χ3n) is 4.09. The summed E-state index contributed by atoms with van der Waals surface area (Å²) in [5.41, 5.74) is -3.00. The maximum atomic E-state index is 10.4. The Bertz CT molecular complexity index is 644. The molecule has 2 N–H and O–H groups in total. The second kappa shape index (κ2) is 8.33. The number of non-ortho nitro benzene ring substituents is 1. The van der Waals surface area contributed by atoms with Crippen LogP contribution in [-0.2, 0) is 0 Å². The number of nitro benzene ring substituents is 3. The van der Waals surface area contributed by atoms with Crippen LogP contribution in [0.1, 0.15) is 33.6 Å². The molecule has 0 spiro atoms. The van der Waals surface area contributed by atoms with Gasteiger partial charge in [-0.1, -0.05) is 27.2 Å². The third-order valence-corrected chi connectivity index (χ3v) is 4.09. The lowest BCUT2D eigenvalue weighted by atomic mass is 10.0. The zero-order valence-corrected chi connectivity index (χ0v) is 14.0. The van der Waals surface area contributed by atoms with E-state index < -0.39 is 37.6 Å². The minimum Gasteiger partial charge on any atom is -0.497 e. The number of hydrogen-bond acceptors (Lipinski definition) is 8. The molecule has 138 valence electrons. The molecule has 0 aromatic heterocycles. The summed E-state index contributed by atoms with van der Waals surface area (Å²) in [5.74, 6) is -0.324. The summed E-state index contributed by atoms with van der Waals surface area (Å²) in [6.07, 6.45) is 2.61. The van der Waals surface area contributed by atoms with Crippen molar-refractivity contribution in [1.82, 2.24) is 5.32 Å². The first-order chi connectivity index (χ1) is 11.6. The van der Waals surface area contributed by atoms with E-state index in [1.165, 1.54) is 12.8 Å². The third kappa shape index (κ3) is 5.08. The van der Waals surface area contributed by atoms with Gasteiger partial charge in [0.05, 0.1) is 26.9 Å². The van der Waals surface area contributed by atoms with Crippen molar-refractivity contribution >= 4 is 17.1 Å². The molecule has 1 aromatic rings. The minimum atomic E-state index is -1.21. The SMILES string of the molecule is CCC(C)C1NC1CC.O=[N+]([O-])c1cc([N+](=O)[O-])c(O)c([N+](=O)[O-])c1. The van der Waals surface area contributed by atoms with Crippen molar-refractivity contribution < 1.29 is 19.9 Å². The summed E-state index contributed by atoms with van der Waals surface area (Å²) >= 11 is 0. The molecule has 2 rings (SSSR count). The second-order valence-electron chi connectivity index (χ2n) is 5.70. The number of benzene rings is 1. The van der Waals surface area contributed by atoms with Gasteiger partial charge in [0.2, 0.25) is 0 Å². The Morgan fingerprint density at radius 2 is 1.56 bits per heavy atom. The van der Waals surface area contributed by atoms with Gasteiger partial charge in [0.1, 0.15) is 0 Å². The van der Waals surface area contributed by atoms with E-state index in [0.717, 1.165) is 18.0 Å². The average molecular weight is 356 g/mol. The number of nitrogens with zero attached hydrogens (tertiary/aromatic N) is 3. The molecule has 0 radical (unpaired) electrons. The Labute approximate surface area is 143 Å². The lowest BCUT2D eigenvalue weighted by Gasteiger charge is -2.02. The first-order valence-corrected chi connectivity index (χ1v) is 7.70. The van der Waals surface area contributed by atoms with Crippen LogP contribution in [0.5, 0.6) is 5.75 Å². The predicted octanol–water partition coefficient (Wildman–Crippen LogP) is 2.90. The van der Waals surface area contributed by atoms with E-state index in [0.29, 0.717) is 12.1 Å². The second-order valence-corrected chi connectivity index (χ2v) is 5.70. The summed E-state index contributed by atoms with van der Waals surface area (Å²) in [5, 5.41) is 43.7. The van der Waals surface area contributed by atoms with Crippen molar-refractivity contribution in [3.8, 4) is 5.75 Å². The van der Waals surface area contributed by atoms with Gasteiger partial charge in [0, 0.05) is 12.1 Å². The summed E-state index contributed by atoms with van der Waals surface area (Å²) in [4.78, 5) is 27.8. The van der Waals surface area contributed by atoms with E-state index in [1.807, 2.05) is 0 Å². The highest BCUT2D eigenvalue weighted by Gasteiger charge is 2.37. The quantitative estimate of drug-likeness (QED) is 0.444. The summed E-state index contributed by atoms with van der Waals surface area (Å²) in [6, 6.07) is 2.59. The van der Waals surface area contributed by atoms with E-state index in [2.05, 4.69) is 26.1 Å². The molecule has 25 heavy (non-hydrogen) atoms. The number of phenols is 1. The van der Waals surface area contributed by atoms with Gasteiger partial charge in [-0.25, -0.2) is 0 Å². The monoisotopic (exact) mass is 356 g/mol. The fourth-order valence-corrected chi connectivity index (χ4v) is 2.35. The first-order valence-electron chi connectivity index (χ1n) is 7.70. The van der Waals surface area contributed by atoms with Crippen molar-refractivity contribution in [2.24, 2.45) is 5.92 Å². The van der Waals surface area contributed by atoms with E-state index in [9.17, 15) is 30.3 Å². The van der Waals surface area contributed by atoms with E-state index >= 15 is 0 Å². The first kappa shape index (κ1) is 20.2. The van der Waals surface area contributed by atoms with Crippen LogP contribution in [0, 0.1) is 36.3 Å². The van der Waals surface area contributed by atoms with Gasteiger partial charge < -0.3 is 10.4 Å². The van der Waals surface area contributed by atoms with Crippen LogP contribution in [0.3, 0.4) is 0 Å². The molecular weight excluding hydrogens is 336 g/mol. The molecule has 11 nitrogen and oxygen atoms in total. The normalized spacial score (nSPS) is 19.3. The molecule has 3 atom stereocenters. The fraction of sp³-hybridized carbons (Fsp3) is 0.571. The van der Waals surface area contributed by atoms with Crippen LogP contribution >= 0.6 is 0 Å². The van der Waals surface area contributed by atoms with Crippen molar-refractivity contribution in [3.05, 3.63) is 42.5 Å². The summed E-state index contributed by atoms with van der Waals surface area (Å²) in [6.45, 7) is 6.84. The van der Waals surface area contributed by atoms with Crippen molar-refractivity contribution in [1.29, 1.82) is 0 Å². The zero-order chi connectivity index (χ0) is 19.3. The molecule has 3 unspecified atom stereocenters. The van der Waals surface area contributed by atoms with Crippen LogP contribution in [0.2, 0.25) is 0 Å². The number of nitrogens with one attached hydrogen (secondary N) is 1. The van der Waals surface area contributed by atoms with Gasteiger partial charge in [0.25, 0.3) is 11.4 Å². The van der Waals surface area contributed by atoms with Gasteiger partial charge >= 0.3 is 11.4 Å². The highest BCUT2D eigenvalue weighted by Crippen LogP contribution is 2.38. The van der Waals surface area contributed by atoms with Crippen LogP contribution in [0.15, 0.2) is 12.1 Å². The van der Waals surface area contributed by atoms with Crippen LogP contribution in [-0.4, -0.2) is 32.0 Å². The number of aromatic hydroxyl groups is 1. The highest BCUT2D eigenvalue weighted by atomic mass is 16.6. The highest BCUT2D eigenvalue weighted by molar-refractivity contribution is 5.64. The summed E-state index contributed by atoms with van der Waals surface area (Å²) < 4.78 is 0. The van der Waals surface area contributed by atoms with Gasteiger partial charge in [0.15, 0.2) is 0 Å². The lowest BCUT2D eigenvalue weighted by Crippen LogP contribution is -2.05. The number of nitro groups is 3. The average Bonchev–Trinajstić information content (AvgIpc) is 3.33. The number of hydrogen-bond donors (Lipinski definition) is 2. The van der Waals surface area contributed by atoms with Gasteiger partial charge in [-0.05, 0) is 12.3 Å². The van der Waals surface area contributed by atoms with Crippen molar-refractivity contribution in [2.45, 2.75) is 45.7 Å². The molecule has 0 amide bonds. The topological polar surface area (TPSA) is 172 Å². The van der Waals surface area contributed by atoms with Crippen LogP contribution < -0.4 is 5.32 Å². The maximum absolute atomic E-state index is 10.4. The number of phenolic OH excluding ortho intramolecular Hbond substituents is 1.